The van der Waals surface area contributed by atoms with Crippen molar-refractivity contribution < 1.29 is 8.78 Å². The molecule has 0 fully saturated rings. The van der Waals surface area contributed by atoms with E-state index in [0.717, 1.165) is 32.6 Å². The number of nitrogens with zero attached hydrogens (tertiary/aromatic N) is 4. The van der Waals surface area contributed by atoms with E-state index in [9.17, 15) is 10.5 Å². The average Bonchev–Trinajstić information content (AvgIpc) is 3.45. The molecule has 6 heteroatoms. The largest absolute Gasteiger partial charge is 0.307 e. The molecule has 0 radical (unpaired) electrons. The SMILES string of the molecule is N#Cc1cccc(C#N)c1-n1c2ccccc2c2c1ccc1c3ccccc3n(-c3c(F)cccc3F)c12. The summed E-state index contributed by atoms with van der Waals surface area (Å²) >= 11 is 0. The number of rotatable bonds is 2. The molecule has 0 aliphatic rings. The predicted octanol–water partition coefficient (Wildman–Crippen LogP) is 7.90. The molecule has 7 rings (SSSR count). The molecule has 0 N–H and O–H groups in total. The van der Waals surface area contributed by atoms with E-state index in [1.165, 1.54) is 18.2 Å². The number of aromatic nitrogens is 2. The summed E-state index contributed by atoms with van der Waals surface area (Å²) in [6.07, 6.45) is 0. The number of hydrogen-bond acceptors (Lipinski definition) is 2. The standard InChI is InChI=1S/C32H16F2N4/c33-24-11-6-12-25(34)32(24)38-26-13-3-1-9-21(26)22-15-16-28-29(31(22)38)23-10-2-4-14-27(23)37(28)30-19(17-35)7-5-8-20(30)18-36/h1-16H. The molecule has 7 aromatic rings. The van der Waals surface area contributed by atoms with Crippen LogP contribution in [0.1, 0.15) is 11.1 Å². The van der Waals surface area contributed by atoms with Crippen LogP contribution in [0.3, 0.4) is 0 Å². The summed E-state index contributed by atoms with van der Waals surface area (Å²) in [4.78, 5) is 0. The second-order valence-electron chi connectivity index (χ2n) is 9.06. The number of fused-ring (bicyclic) bond motifs is 7. The summed E-state index contributed by atoms with van der Waals surface area (Å²) in [5.74, 6) is -1.34. The van der Waals surface area contributed by atoms with Gasteiger partial charge in [-0.15, -0.1) is 0 Å². The van der Waals surface area contributed by atoms with Crippen LogP contribution in [0.15, 0.2) is 97.1 Å². The van der Waals surface area contributed by atoms with Crippen molar-refractivity contribution in [1.82, 2.24) is 9.13 Å². The third kappa shape index (κ3) is 2.80. The Hall–Kier alpha value is -5.46. The minimum absolute atomic E-state index is 0.154. The van der Waals surface area contributed by atoms with Crippen LogP contribution in [0.5, 0.6) is 0 Å². The number of para-hydroxylation sites is 4. The molecule has 38 heavy (non-hydrogen) atoms. The molecule has 0 atom stereocenters. The summed E-state index contributed by atoms with van der Waals surface area (Å²) in [6.45, 7) is 0. The van der Waals surface area contributed by atoms with Gasteiger partial charge in [-0.1, -0.05) is 54.6 Å². The minimum Gasteiger partial charge on any atom is -0.307 e. The van der Waals surface area contributed by atoms with E-state index in [-0.39, 0.29) is 5.69 Å². The van der Waals surface area contributed by atoms with Gasteiger partial charge in [0, 0.05) is 21.5 Å². The zero-order valence-corrected chi connectivity index (χ0v) is 19.8. The van der Waals surface area contributed by atoms with E-state index < -0.39 is 11.6 Å². The first-order valence-corrected chi connectivity index (χ1v) is 12.0. The van der Waals surface area contributed by atoms with Gasteiger partial charge in [0.1, 0.15) is 29.5 Å². The fourth-order valence-corrected chi connectivity index (χ4v) is 5.65. The van der Waals surface area contributed by atoms with E-state index in [2.05, 4.69) is 12.1 Å². The van der Waals surface area contributed by atoms with Crippen molar-refractivity contribution in [1.29, 1.82) is 10.5 Å². The van der Waals surface area contributed by atoms with E-state index in [0.29, 0.717) is 27.8 Å². The molecule has 0 unspecified atom stereocenters. The summed E-state index contributed by atoms with van der Waals surface area (Å²) in [5, 5.41) is 23.2. The van der Waals surface area contributed by atoms with Gasteiger partial charge in [0.05, 0.1) is 38.9 Å². The van der Waals surface area contributed by atoms with Crippen LogP contribution in [-0.4, -0.2) is 9.13 Å². The monoisotopic (exact) mass is 494 g/mol. The number of nitriles is 2. The van der Waals surface area contributed by atoms with Crippen LogP contribution >= 0.6 is 0 Å². The first kappa shape index (κ1) is 21.8. The van der Waals surface area contributed by atoms with E-state index in [1.807, 2.05) is 65.2 Å². The quantitative estimate of drug-likeness (QED) is 0.245. The molecule has 2 heterocycles. The summed E-state index contributed by atoms with van der Waals surface area (Å²) in [6, 6.07) is 32.5. The summed E-state index contributed by atoms with van der Waals surface area (Å²) in [7, 11) is 0. The first-order valence-electron chi connectivity index (χ1n) is 12.0. The molecule has 0 aliphatic heterocycles. The molecule has 0 saturated heterocycles. The maximum Gasteiger partial charge on any atom is 0.150 e. The van der Waals surface area contributed by atoms with Crippen LogP contribution in [0.4, 0.5) is 8.78 Å². The zero-order valence-electron chi connectivity index (χ0n) is 19.8. The van der Waals surface area contributed by atoms with E-state index >= 15 is 8.78 Å². The lowest BCUT2D eigenvalue weighted by Crippen LogP contribution is -2.02. The van der Waals surface area contributed by atoms with Gasteiger partial charge in [0.15, 0.2) is 0 Å². The summed E-state index contributed by atoms with van der Waals surface area (Å²) < 4.78 is 34.2. The Bertz CT molecular complexity index is 2140. The van der Waals surface area contributed by atoms with Gasteiger partial charge >= 0.3 is 0 Å². The lowest BCUT2D eigenvalue weighted by Gasteiger charge is -2.13. The van der Waals surface area contributed by atoms with Crippen LogP contribution in [0.2, 0.25) is 0 Å². The predicted molar refractivity (Wildman–Crippen MR) is 144 cm³/mol. The number of halogens is 2. The van der Waals surface area contributed by atoms with E-state index in [4.69, 9.17) is 0 Å². The van der Waals surface area contributed by atoms with Gasteiger partial charge in [-0.25, -0.2) is 8.78 Å². The average molecular weight is 495 g/mol. The molecule has 5 aromatic carbocycles. The summed E-state index contributed by atoms with van der Waals surface area (Å²) in [5.41, 5.74) is 3.85. The lowest BCUT2D eigenvalue weighted by molar-refractivity contribution is 0.573. The molecule has 0 bridgehead atoms. The maximum absolute atomic E-state index is 15.3. The van der Waals surface area contributed by atoms with Crippen molar-refractivity contribution in [2.24, 2.45) is 0 Å². The third-order valence-corrected chi connectivity index (χ3v) is 7.13. The van der Waals surface area contributed by atoms with E-state index in [1.54, 1.807) is 22.8 Å². The van der Waals surface area contributed by atoms with Crippen LogP contribution in [0.25, 0.3) is 55.0 Å². The Morgan fingerprint density at radius 2 is 1.08 bits per heavy atom. The Kier molecular flexibility index (Phi) is 4.60. The highest BCUT2D eigenvalue weighted by Gasteiger charge is 2.24. The van der Waals surface area contributed by atoms with Gasteiger partial charge in [0.25, 0.3) is 0 Å². The Morgan fingerprint density at radius 3 is 1.74 bits per heavy atom. The van der Waals surface area contributed by atoms with Crippen molar-refractivity contribution in [2.45, 2.75) is 0 Å². The fraction of sp³-hybridized carbons (Fsp3) is 0. The topological polar surface area (TPSA) is 57.4 Å². The van der Waals surface area contributed by atoms with Crippen molar-refractivity contribution in [3.8, 4) is 23.5 Å². The van der Waals surface area contributed by atoms with Gasteiger partial charge in [-0.2, -0.15) is 10.5 Å². The molecule has 178 valence electrons. The Morgan fingerprint density at radius 1 is 0.500 bits per heavy atom. The minimum atomic E-state index is -0.671. The normalized spacial score (nSPS) is 11.4. The molecular formula is C32H16F2N4. The van der Waals surface area contributed by atoms with Gasteiger partial charge in [0.2, 0.25) is 0 Å². The highest BCUT2D eigenvalue weighted by molar-refractivity contribution is 6.26. The zero-order chi connectivity index (χ0) is 26.0. The van der Waals surface area contributed by atoms with Crippen molar-refractivity contribution >= 4 is 43.6 Å². The van der Waals surface area contributed by atoms with Crippen molar-refractivity contribution in [3.63, 3.8) is 0 Å². The van der Waals surface area contributed by atoms with Gasteiger partial charge in [-0.05, 0) is 42.5 Å². The number of benzene rings is 5. The maximum atomic E-state index is 15.3. The van der Waals surface area contributed by atoms with Crippen molar-refractivity contribution in [2.75, 3.05) is 0 Å². The molecular weight excluding hydrogens is 478 g/mol. The molecule has 0 saturated carbocycles. The van der Waals surface area contributed by atoms with Gasteiger partial charge < -0.3 is 9.13 Å². The smallest absolute Gasteiger partial charge is 0.150 e. The molecule has 4 nitrogen and oxygen atoms in total. The highest BCUT2D eigenvalue weighted by atomic mass is 19.1. The molecule has 0 aliphatic carbocycles. The highest BCUT2D eigenvalue weighted by Crippen LogP contribution is 2.43. The lowest BCUT2D eigenvalue weighted by atomic mass is 10.1. The first-order chi connectivity index (χ1) is 18.6. The Labute approximate surface area is 215 Å². The molecule has 2 aromatic heterocycles. The molecule has 0 spiro atoms. The van der Waals surface area contributed by atoms with Crippen LogP contribution < -0.4 is 0 Å². The van der Waals surface area contributed by atoms with Gasteiger partial charge in [-0.3, -0.25) is 0 Å². The fourth-order valence-electron chi connectivity index (χ4n) is 5.65. The number of hydrogen-bond donors (Lipinski definition) is 0. The second-order valence-corrected chi connectivity index (χ2v) is 9.06. The molecule has 0 amide bonds. The van der Waals surface area contributed by atoms with Crippen LogP contribution in [-0.2, 0) is 0 Å². The Balaban J connectivity index is 1.79. The van der Waals surface area contributed by atoms with Crippen LogP contribution in [0, 0.1) is 34.3 Å². The van der Waals surface area contributed by atoms with Crippen molar-refractivity contribution in [3.05, 3.63) is 120 Å². The third-order valence-electron chi connectivity index (χ3n) is 7.13. The second kappa shape index (κ2) is 8.03.